The first-order valence-electron chi connectivity index (χ1n) is 8.22. The normalized spacial score (nSPS) is 16.8. The Morgan fingerprint density at radius 3 is 2.61 bits per heavy atom. The van der Waals surface area contributed by atoms with Gasteiger partial charge in [-0.2, -0.15) is 11.8 Å². The van der Waals surface area contributed by atoms with Gasteiger partial charge in [-0.25, -0.2) is 0 Å². The highest BCUT2D eigenvalue weighted by Crippen LogP contribution is 2.19. The van der Waals surface area contributed by atoms with Crippen LogP contribution in [0.1, 0.15) is 33.1 Å². The van der Waals surface area contributed by atoms with Crippen molar-refractivity contribution in [2.45, 2.75) is 37.9 Å². The number of rotatable bonds is 9. The van der Waals surface area contributed by atoms with Crippen molar-refractivity contribution in [3.8, 4) is 0 Å². The number of hydrogen-bond acceptors (Lipinski definition) is 4. The second-order valence-corrected chi connectivity index (χ2v) is 7.81. The monoisotopic (exact) mass is 459 g/mol. The van der Waals surface area contributed by atoms with Gasteiger partial charge in [0.25, 0.3) is 0 Å². The summed E-state index contributed by atoms with van der Waals surface area (Å²) in [5.41, 5.74) is 0. The molecule has 1 aliphatic rings. The molecule has 1 saturated heterocycles. The molecule has 0 aromatic carbocycles. The van der Waals surface area contributed by atoms with Gasteiger partial charge in [-0.3, -0.25) is 4.99 Å². The molecule has 0 spiro atoms. The number of thioether (sulfide) groups is 1. The van der Waals surface area contributed by atoms with Gasteiger partial charge < -0.3 is 20.1 Å². The summed E-state index contributed by atoms with van der Waals surface area (Å²) in [7, 11) is 1.81. The average molecular weight is 459 g/mol. The summed E-state index contributed by atoms with van der Waals surface area (Å²) >= 11 is 1.85. The smallest absolute Gasteiger partial charge is 0.191 e. The van der Waals surface area contributed by atoms with E-state index >= 15 is 0 Å². The molecule has 23 heavy (non-hydrogen) atoms. The Kier molecular flexibility index (Phi) is 13.7. The maximum absolute atomic E-state index is 5.76. The van der Waals surface area contributed by atoms with Crippen molar-refractivity contribution in [3.63, 3.8) is 0 Å². The summed E-state index contributed by atoms with van der Waals surface area (Å²) in [5.74, 6) is 1.55. The molecule has 0 amide bonds. The largest absolute Gasteiger partial charge is 0.381 e. The van der Waals surface area contributed by atoms with E-state index in [9.17, 15) is 0 Å². The quantitative estimate of drug-likeness (QED) is 0.240. The first kappa shape index (κ1) is 23.3. The number of nitrogens with zero attached hydrogens (tertiary/aromatic N) is 1. The van der Waals surface area contributed by atoms with E-state index in [0.717, 1.165) is 64.7 Å². The number of hydrogen-bond donors (Lipinski definition) is 2. The predicted molar refractivity (Wildman–Crippen MR) is 111 cm³/mol. The zero-order chi connectivity index (χ0) is 16.3. The molecule has 0 unspecified atom stereocenters. The summed E-state index contributed by atoms with van der Waals surface area (Å²) in [4.78, 5) is 4.25. The molecule has 138 valence electrons. The zero-order valence-corrected chi connectivity index (χ0v) is 18.2. The molecule has 5 nitrogen and oxygen atoms in total. The Bertz CT molecular complexity index is 324. The molecule has 7 heteroatoms. The third-order valence-corrected chi connectivity index (χ3v) is 5.16. The van der Waals surface area contributed by atoms with Crippen LogP contribution in [0.25, 0.3) is 0 Å². The van der Waals surface area contributed by atoms with Gasteiger partial charge >= 0.3 is 0 Å². The lowest BCUT2D eigenvalue weighted by molar-refractivity contribution is 0.0203. The molecule has 0 saturated carbocycles. The van der Waals surface area contributed by atoms with Gasteiger partial charge in [-0.15, -0.1) is 24.0 Å². The van der Waals surface area contributed by atoms with E-state index in [1.165, 1.54) is 0 Å². The molecule has 0 aliphatic carbocycles. The van der Waals surface area contributed by atoms with Crippen LogP contribution >= 0.6 is 35.7 Å². The van der Waals surface area contributed by atoms with Crippen molar-refractivity contribution >= 4 is 41.7 Å². The molecule has 0 radical (unpaired) electrons. The van der Waals surface area contributed by atoms with E-state index < -0.39 is 0 Å². The van der Waals surface area contributed by atoms with Crippen LogP contribution in [0, 0.1) is 5.92 Å². The van der Waals surface area contributed by atoms with Gasteiger partial charge in [-0.1, -0.05) is 0 Å². The van der Waals surface area contributed by atoms with E-state index in [4.69, 9.17) is 9.47 Å². The van der Waals surface area contributed by atoms with E-state index in [1.54, 1.807) is 0 Å². The number of guanidine groups is 1. The maximum Gasteiger partial charge on any atom is 0.191 e. The Labute approximate surface area is 163 Å². The summed E-state index contributed by atoms with van der Waals surface area (Å²) in [5, 5.41) is 6.70. The summed E-state index contributed by atoms with van der Waals surface area (Å²) < 4.78 is 11.3. The van der Waals surface area contributed by atoms with E-state index in [0.29, 0.717) is 5.92 Å². The Morgan fingerprint density at radius 2 is 2.00 bits per heavy atom. The molecule has 1 rings (SSSR count). The van der Waals surface area contributed by atoms with Gasteiger partial charge in [0.1, 0.15) is 0 Å². The van der Waals surface area contributed by atoms with Crippen LogP contribution in [0.15, 0.2) is 4.99 Å². The highest BCUT2D eigenvalue weighted by Gasteiger charge is 2.16. The second-order valence-electron chi connectivity index (χ2n) is 6.30. The van der Waals surface area contributed by atoms with Gasteiger partial charge in [0.05, 0.1) is 0 Å². The Balaban J connectivity index is 0.00000484. The Hall–Kier alpha value is 0.270. The summed E-state index contributed by atoms with van der Waals surface area (Å²) in [6, 6.07) is 0. The van der Waals surface area contributed by atoms with Crippen molar-refractivity contribution in [1.82, 2.24) is 10.6 Å². The molecule has 0 bridgehead atoms. The molecule has 0 aromatic heterocycles. The number of halogens is 1. The van der Waals surface area contributed by atoms with Crippen molar-refractivity contribution in [2.75, 3.05) is 52.8 Å². The Morgan fingerprint density at radius 1 is 1.30 bits per heavy atom. The molecular weight excluding hydrogens is 425 g/mol. The van der Waals surface area contributed by atoms with Crippen LogP contribution in [-0.4, -0.2) is 63.5 Å². The zero-order valence-electron chi connectivity index (χ0n) is 15.0. The van der Waals surface area contributed by atoms with Crippen LogP contribution in [0.4, 0.5) is 0 Å². The van der Waals surface area contributed by atoms with Gasteiger partial charge in [0, 0.05) is 51.3 Å². The van der Waals surface area contributed by atoms with Gasteiger partial charge in [-0.05, 0) is 45.3 Å². The van der Waals surface area contributed by atoms with Crippen LogP contribution < -0.4 is 10.6 Å². The molecule has 1 fully saturated rings. The molecule has 0 aromatic rings. The van der Waals surface area contributed by atoms with Crippen molar-refractivity contribution in [1.29, 1.82) is 0 Å². The number of nitrogens with one attached hydrogen (secondary N) is 2. The maximum atomic E-state index is 5.76. The summed E-state index contributed by atoms with van der Waals surface area (Å²) in [6.07, 6.45) is 5.41. The SMILES string of the molecule is CN=C(NCCCOCC1CCOCC1)NCC(C)(C)SC.I. The fourth-order valence-electron chi connectivity index (χ4n) is 2.13. The molecule has 0 atom stereocenters. The fraction of sp³-hybridized carbons (Fsp3) is 0.938. The van der Waals surface area contributed by atoms with Crippen LogP contribution in [0.2, 0.25) is 0 Å². The van der Waals surface area contributed by atoms with E-state index in [1.807, 2.05) is 18.8 Å². The minimum absolute atomic E-state index is 0. The highest BCUT2D eigenvalue weighted by atomic mass is 127. The summed E-state index contributed by atoms with van der Waals surface area (Å²) in [6.45, 7) is 9.69. The second kappa shape index (κ2) is 13.5. The lowest BCUT2D eigenvalue weighted by Gasteiger charge is -2.24. The van der Waals surface area contributed by atoms with Gasteiger partial charge in [0.15, 0.2) is 5.96 Å². The topological polar surface area (TPSA) is 54.9 Å². The average Bonchev–Trinajstić information content (AvgIpc) is 2.54. The van der Waals surface area contributed by atoms with E-state index in [2.05, 4.69) is 35.7 Å². The van der Waals surface area contributed by atoms with Crippen LogP contribution in [0.5, 0.6) is 0 Å². The molecule has 1 aliphatic heterocycles. The van der Waals surface area contributed by atoms with Crippen molar-refractivity contribution in [2.24, 2.45) is 10.9 Å². The lowest BCUT2D eigenvalue weighted by Crippen LogP contribution is -2.43. The highest BCUT2D eigenvalue weighted by molar-refractivity contribution is 14.0. The van der Waals surface area contributed by atoms with Crippen LogP contribution in [0.3, 0.4) is 0 Å². The minimum atomic E-state index is 0. The van der Waals surface area contributed by atoms with Crippen LogP contribution in [-0.2, 0) is 9.47 Å². The molecule has 1 heterocycles. The first-order valence-corrected chi connectivity index (χ1v) is 9.45. The standard InChI is InChI=1S/C16H33N3O2S.HI/c1-16(2,22-4)13-19-15(17-3)18-8-5-9-21-12-14-6-10-20-11-7-14;/h14H,5-13H2,1-4H3,(H2,17,18,19);1H. The third-order valence-electron chi connectivity index (χ3n) is 3.91. The fourth-order valence-corrected chi connectivity index (χ4v) is 2.35. The third kappa shape index (κ3) is 11.4. The minimum Gasteiger partial charge on any atom is -0.381 e. The van der Waals surface area contributed by atoms with E-state index in [-0.39, 0.29) is 28.7 Å². The van der Waals surface area contributed by atoms with Gasteiger partial charge in [0.2, 0.25) is 0 Å². The van der Waals surface area contributed by atoms with Crippen molar-refractivity contribution in [3.05, 3.63) is 0 Å². The number of aliphatic imine (C=N–C) groups is 1. The number of ether oxygens (including phenoxy) is 2. The molecular formula is C16H34IN3O2S. The van der Waals surface area contributed by atoms with Crippen molar-refractivity contribution < 1.29 is 9.47 Å². The predicted octanol–water partition coefficient (Wildman–Crippen LogP) is 2.74. The first-order chi connectivity index (χ1) is 10.6. The molecule has 2 N–H and O–H groups in total. The lowest BCUT2D eigenvalue weighted by atomic mass is 10.0.